The van der Waals surface area contributed by atoms with Crippen LogP contribution in [0.2, 0.25) is 0 Å². The van der Waals surface area contributed by atoms with Crippen molar-refractivity contribution < 1.29 is 5.11 Å². The average Bonchev–Trinajstić information content (AvgIpc) is 0.811. The maximum Gasteiger partial charge on any atom is 0.0821 e. The first-order valence-electron chi connectivity index (χ1n) is 1.08. The van der Waals surface area contributed by atoms with Gasteiger partial charge in [0.05, 0.1) is 15.6 Å². The predicted molar refractivity (Wildman–Crippen MR) is 21.7 cm³/mol. The van der Waals surface area contributed by atoms with E-state index in [1.807, 2.05) is 0 Å². The van der Waals surface area contributed by atoms with Gasteiger partial charge in [0.2, 0.25) is 0 Å². The third kappa shape index (κ3) is 17.0. The van der Waals surface area contributed by atoms with E-state index in [0.717, 1.165) is 0 Å². The van der Waals surface area contributed by atoms with Crippen LogP contribution in [-0.4, -0.2) is 15.3 Å². The van der Waals surface area contributed by atoms with Gasteiger partial charge in [0, 0.05) is 0 Å². The second kappa shape index (κ2) is 1.12. The number of hydrogen-bond donors (Lipinski definition) is 1. The van der Waals surface area contributed by atoms with Gasteiger partial charge in [0.15, 0.2) is 0 Å². The Bertz CT molecular complexity index is 29.0. The van der Waals surface area contributed by atoms with E-state index >= 15 is 0 Å². The summed E-state index contributed by atoms with van der Waals surface area (Å²) < 4.78 is 0. The molecule has 0 fully saturated rings. The van der Waals surface area contributed by atoms with Gasteiger partial charge in [0.1, 0.15) is 0 Å². The molecule has 24 valence electrons. The van der Waals surface area contributed by atoms with Crippen LogP contribution in [0.5, 0.6) is 0 Å². The molecular weight excluding hydrogens is 68.1 g/mol. The molecule has 0 amide bonds. The lowest BCUT2D eigenvalue weighted by Crippen LogP contribution is -1.65. The molecule has 0 bridgehead atoms. The third-order valence-corrected chi connectivity index (χ3v) is 0. The van der Waals surface area contributed by atoms with Crippen molar-refractivity contribution in [2.75, 3.05) is 0 Å². The van der Waals surface area contributed by atoms with Crippen molar-refractivity contribution in [1.29, 1.82) is 0 Å². The molecule has 0 saturated carbocycles. The Kier molecular flexibility index (Phi) is 1.05. The minimum absolute atomic E-state index is 0.306. The van der Waals surface area contributed by atoms with Gasteiger partial charge in [0.25, 0.3) is 0 Å². The van der Waals surface area contributed by atoms with Crippen LogP contribution in [-0.2, 0) is 0 Å². The van der Waals surface area contributed by atoms with Crippen LogP contribution in [0.1, 0.15) is 0 Å². The molecule has 0 radical (unpaired) electrons. The van der Waals surface area contributed by atoms with Gasteiger partial charge in [-0.25, -0.2) is 0 Å². The summed E-state index contributed by atoms with van der Waals surface area (Å²) in [5, 5.41) is 8.23. The summed E-state index contributed by atoms with van der Waals surface area (Å²) in [4.78, 5) is 0. The van der Waals surface area contributed by atoms with Crippen molar-refractivity contribution in [3.63, 3.8) is 0 Å². The fourth-order valence-corrected chi connectivity index (χ4v) is 0. The van der Waals surface area contributed by atoms with Crippen molar-refractivity contribution in [1.82, 2.24) is 0 Å². The second-order valence-corrected chi connectivity index (χ2v) is 1.89. The lowest BCUT2D eigenvalue weighted by atomic mass is 11.2. The van der Waals surface area contributed by atoms with Crippen LogP contribution in [0.25, 0.3) is 0 Å². The molecule has 0 aromatic rings. The number of hydrogen-bond acceptors (Lipinski definition) is 1. The molecule has 0 saturated heterocycles. The summed E-state index contributed by atoms with van der Waals surface area (Å²) in [6.07, 6.45) is 0. The Morgan fingerprint density at radius 3 is 2.00 bits per heavy atom. The summed E-state index contributed by atoms with van der Waals surface area (Å²) in [5.74, 6) is 0. The molecule has 0 atom stereocenters. The predicted octanol–water partition coefficient (Wildman–Crippen LogP) is -0.619. The Labute approximate surface area is 28.4 Å². The summed E-state index contributed by atoms with van der Waals surface area (Å²) in [5.41, 5.74) is 0. The van der Waals surface area contributed by atoms with E-state index in [1.54, 1.807) is 0 Å². The molecule has 0 aliphatic rings. The summed E-state index contributed by atoms with van der Waals surface area (Å²) >= 11 is 0. The normalized spacial score (nSPS) is 7.00. The summed E-state index contributed by atoms with van der Waals surface area (Å²) in [7, 11) is 0.710. The van der Waals surface area contributed by atoms with Crippen molar-refractivity contribution in [2.24, 2.45) is 0 Å². The quantitative estimate of drug-likeness (QED) is 0.300. The van der Waals surface area contributed by atoms with Gasteiger partial charge in [-0.1, -0.05) is 6.58 Å². The van der Waals surface area contributed by atoms with Crippen molar-refractivity contribution in [3.8, 4) is 0 Å². The van der Waals surface area contributed by atoms with Gasteiger partial charge in [-0.15, -0.1) is 0 Å². The zero-order valence-corrected chi connectivity index (χ0v) is 4.65. The van der Waals surface area contributed by atoms with Gasteiger partial charge >= 0.3 is 0 Å². The van der Waals surface area contributed by atoms with Crippen molar-refractivity contribution in [2.45, 2.75) is 0 Å². The topological polar surface area (TPSA) is 20.2 Å². The fraction of sp³-hybridized carbons (Fsp3) is 0. The smallest absolute Gasteiger partial charge is 0.0821 e. The van der Waals surface area contributed by atoms with Gasteiger partial charge in [-0.3, -0.25) is 0 Å². The molecule has 0 rings (SSSR count). The molecule has 0 aromatic heterocycles. The first-order valence-corrected chi connectivity index (χ1v) is 2.08. The number of aliphatic hydroxyl groups excluding tert-OH is 1. The molecule has 1 nitrogen and oxygen atoms in total. The van der Waals surface area contributed by atoms with E-state index in [1.165, 1.54) is 0 Å². The van der Waals surface area contributed by atoms with Crippen LogP contribution >= 0.6 is 0 Å². The van der Waals surface area contributed by atoms with E-state index in [2.05, 4.69) is 6.58 Å². The Hall–Kier alpha value is -0.243. The molecule has 4 heavy (non-hydrogen) atoms. The maximum atomic E-state index is 7.92. The van der Waals surface area contributed by atoms with E-state index in [0.29, 0.717) is 15.6 Å². The lowest BCUT2D eigenvalue weighted by molar-refractivity contribution is 0.455. The Morgan fingerprint density at radius 2 is 2.00 bits per heavy atom. The minimum atomic E-state index is 0.306. The molecule has 0 heterocycles. The van der Waals surface area contributed by atoms with Crippen LogP contribution in [0.3, 0.4) is 0 Å². The first kappa shape index (κ1) is 3.76. The van der Waals surface area contributed by atoms with E-state index < -0.39 is 0 Å². The van der Waals surface area contributed by atoms with Crippen LogP contribution < -0.4 is 0 Å². The lowest BCUT2D eigenvalue weighted by Gasteiger charge is -1.68. The summed E-state index contributed by atoms with van der Waals surface area (Å²) in [6, 6.07) is 0. The van der Waals surface area contributed by atoms with E-state index in [4.69, 9.17) is 5.11 Å². The maximum absolute atomic E-state index is 7.92. The zero-order chi connectivity index (χ0) is 3.58. The highest BCUT2D eigenvalue weighted by Crippen LogP contribution is 1.56. The van der Waals surface area contributed by atoms with Crippen molar-refractivity contribution >= 4 is 10.2 Å². The highest BCUT2D eigenvalue weighted by atomic mass is 28.1. The first-order chi connectivity index (χ1) is 1.73. The highest BCUT2D eigenvalue weighted by molar-refractivity contribution is 6.19. The van der Waals surface area contributed by atoms with Crippen molar-refractivity contribution in [3.05, 3.63) is 12.0 Å². The standard InChI is InChI=1S/C2H6OSi/c1-2(3)4/h3H,1H2,4H3. The molecule has 1 N–H and O–H groups in total. The average molecular weight is 74.2 g/mol. The minimum Gasteiger partial charge on any atom is -0.519 e. The van der Waals surface area contributed by atoms with Gasteiger partial charge in [-0.05, 0) is 0 Å². The SMILES string of the molecule is C=C(O)[SiH3]. The zero-order valence-electron chi connectivity index (χ0n) is 2.65. The number of aliphatic hydroxyl groups is 1. The molecule has 0 aromatic carbocycles. The van der Waals surface area contributed by atoms with E-state index in [-0.39, 0.29) is 0 Å². The van der Waals surface area contributed by atoms with Crippen LogP contribution in [0.4, 0.5) is 0 Å². The molecule has 0 unspecified atom stereocenters. The molecule has 0 spiro atoms. The molecule has 0 aliphatic heterocycles. The monoisotopic (exact) mass is 74.0 g/mol. The summed E-state index contributed by atoms with van der Waals surface area (Å²) in [6.45, 7) is 3.17. The van der Waals surface area contributed by atoms with Gasteiger partial charge < -0.3 is 5.11 Å². The second-order valence-electron chi connectivity index (χ2n) is 0.735. The van der Waals surface area contributed by atoms with E-state index in [9.17, 15) is 0 Å². The Balaban J connectivity index is 2.80. The largest absolute Gasteiger partial charge is 0.519 e. The third-order valence-electron chi connectivity index (χ3n) is 0. The molecular formula is C2H6OSi. The molecule has 2 heteroatoms. The number of rotatable bonds is 0. The van der Waals surface area contributed by atoms with Crippen LogP contribution in [0.15, 0.2) is 12.0 Å². The van der Waals surface area contributed by atoms with Gasteiger partial charge in [-0.2, -0.15) is 0 Å². The fourth-order valence-electron chi connectivity index (χ4n) is 0. The molecule has 0 aliphatic carbocycles. The van der Waals surface area contributed by atoms with Crippen LogP contribution in [0, 0.1) is 0 Å². The Morgan fingerprint density at radius 1 is 2.00 bits per heavy atom. The highest BCUT2D eigenvalue weighted by Gasteiger charge is 1.54.